The molecule has 0 unspecified atom stereocenters. The summed E-state index contributed by atoms with van der Waals surface area (Å²) in [5.74, 6) is -0.656. The number of hydrogen-bond acceptors (Lipinski definition) is 5. The summed E-state index contributed by atoms with van der Waals surface area (Å²) in [7, 11) is 1.63. The van der Waals surface area contributed by atoms with Gasteiger partial charge in [-0.15, -0.1) is 5.10 Å². The van der Waals surface area contributed by atoms with E-state index < -0.39 is 11.6 Å². The van der Waals surface area contributed by atoms with E-state index in [-0.39, 0.29) is 0 Å². The van der Waals surface area contributed by atoms with Crippen molar-refractivity contribution in [1.29, 1.82) is 0 Å². The molecule has 1 aromatic carbocycles. The molecule has 2 aromatic heterocycles. The standard InChI is InChI=1S/C22H25F2N5O/c1-30-22-13-16(4-8-25-22)5-9-28-10-6-18(7-11-28)21-15-29(27-26-21)14-17-2-3-19(23)20(24)12-17/h2-4,8,12-13,15,18H,5-7,9-11,14H2,1H3. The molecule has 0 bridgehead atoms. The fourth-order valence-corrected chi connectivity index (χ4v) is 3.86. The summed E-state index contributed by atoms with van der Waals surface area (Å²) < 4.78 is 33.3. The molecule has 30 heavy (non-hydrogen) atoms. The highest BCUT2D eigenvalue weighted by Gasteiger charge is 2.23. The van der Waals surface area contributed by atoms with Crippen LogP contribution in [0.4, 0.5) is 8.78 Å². The summed E-state index contributed by atoms with van der Waals surface area (Å²) in [5.41, 5.74) is 2.85. The van der Waals surface area contributed by atoms with Crippen LogP contribution < -0.4 is 4.74 Å². The largest absolute Gasteiger partial charge is 0.481 e. The molecule has 0 aliphatic carbocycles. The third kappa shape index (κ3) is 4.99. The lowest BCUT2D eigenvalue weighted by molar-refractivity contribution is 0.213. The Labute approximate surface area is 174 Å². The second-order valence-corrected chi connectivity index (χ2v) is 7.66. The maximum absolute atomic E-state index is 13.4. The normalized spacial score (nSPS) is 15.4. The van der Waals surface area contributed by atoms with E-state index in [1.807, 2.05) is 18.3 Å². The molecule has 0 N–H and O–H groups in total. The van der Waals surface area contributed by atoms with E-state index in [9.17, 15) is 8.78 Å². The molecule has 6 nitrogen and oxygen atoms in total. The maximum Gasteiger partial charge on any atom is 0.213 e. The topological polar surface area (TPSA) is 56.1 Å². The molecule has 0 spiro atoms. The smallest absolute Gasteiger partial charge is 0.213 e. The van der Waals surface area contributed by atoms with Gasteiger partial charge in [-0.2, -0.15) is 0 Å². The molecule has 1 aliphatic rings. The van der Waals surface area contributed by atoms with E-state index >= 15 is 0 Å². The highest BCUT2D eigenvalue weighted by atomic mass is 19.2. The van der Waals surface area contributed by atoms with Gasteiger partial charge in [0.15, 0.2) is 11.6 Å². The number of piperidine rings is 1. The number of pyridine rings is 1. The summed E-state index contributed by atoms with van der Waals surface area (Å²) in [5, 5.41) is 8.49. The van der Waals surface area contributed by atoms with Crippen LogP contribution in [-0.2, 0) is 13.0 Å². The third-order valence-corrected chi connectivity index (χ3v) is 5.62. The number of methoxy groups -OCH3 is 1. The molecule has 158 valence electrons. The van der Waals surface area contributed by atoms with Crippen molar-refractivity contribution in [2.45, 2.75) is 31.7 Å². The van der Waals surface area contributed by atoms with Gasteiger partial charge >= 0.3 is 0 Å². The highest BCUT2D eigenvalue weighted by molar-refractivity contribution is 5.21. The van der Waals surface area contributed by atoms with Crippen molar-refractivity contribution in [3.8, 4) is 5.88 Å². The fourth-order valence-electron chi connectivity index (χ4n) is 3.86. The molecular formula is C22H25F2N5O. The Morgan fingerprint density at radius 3 is 2.67 bits per heavy atom. The molecule has 4 rings (SSSR count). The number of likely N-dealkylation sites (tertiary alicyclic amines) is 1. The van der Waals surface area contributed by atoms with Crippen molar-refractivity contribution in [2.24, 2.45) is 0 Å². The van der Waals surface area contributed by atoms with Crippen LogP contribution in [0.3, 0.4) is 0 Å². The van der Waals surface area contributed by atoms with Gasteiger partial charge in [-0.3, -0.25) is 0 Å². The average Bonchev–Trinajstić information content (AvgIpc) is 3.24. The number of nitrogens with zero attached hydrogens (tertiary/aromatic N) is 5. The lowest BCUT2D eigenvalue weighted by Crippen LogP contribution is -2.34. The predicted octanol–water partition coefficient (Wildman–Crippen LogP) is 3.43. The third-order valence-electron chi connectivity index (χ3n) is 5.62. The van der Waals surface area contributed by atoms with E-state index in [1.165, 1.54) is 11.6 Å². The molecule has 1 saturated heterocycles. The average molecular weight is 413 g/mol. The quantitative estimate of drug-likeness (QED) is 0.594. The van der Waals surface area contributed by atoms with Crippen molar-refractivity contribution < 1.29 is 13.5 Å². The molecule has 0 amide bonds. The molecule has 1 aliphatic heterocycles. The van der Waals surface area contributed by atoms with Gasteiger partial charge in [-0.05, 0) is 61.7 Å². The molecule has 3 heterocycles. The first-order chi connectivity index (χ1) is 14.6. The second-order valence-electron chi connectivity index (χ2n) is 7.66. The van der Waals surface area contributed by atoms with Gasteiger partial charge in [0, 0.05) is 30.9 Å². The first-order valence-corrected chi connectivity index (χ1v) is 10.2. The first-order valence-electron chi connectivity index (χ1n) is 10.2. The molecule has 0 saturated carbocycles. The number of rotatable bonds is 7. The molecular weight excluding hydrogens is 388 g/mol. The van der Waals surface area contributed by atoms with Crippen LogP contribution in [-0.4, -0.2) is 51.6 Å². The van der Waals surface area contributed by atoms with Crippen LogP contribution in [0, 0.1) is 11.6 Å². The Balaban J connectivity index is 1.27. The molecule has 1 fully saturated rings. The van der Waals surface area contributed by atoms with Gasteiger partial charge in [0.2, 0.25) is 5.88 Å². The lowest BCUT2D eigenvalue weighted by atomic mass is 9.94. The monoisotopic (exact) mass is 413 g/mol. The van der Waals surface area contributed by atoms with E-state index in [0.29, 0.717) is 23.9 Å². The van der Waals surface area contributed by atoms with Gasteiger partial charge in [0.25, 0.3) is 0 Å². The minimum atomic E-state index is -0.842. The second kappa shape index (κ2) is 9.30. The summed E-state index contributed by atoms with van der Waals surface area (Å²) in [6.45, 7) is 3.41. The van der Waals surface area contributed by atoms with Crippen molar-refractivity contribution in [3.05, 3.63) is 71.2 Å². The maximum atomic E-state index is 13.4. The van der Waals surface area contributed by atoms with Crippen LogP contribution >= 0.6 is 0 Å². The van der Waals surface area contributed by atoms with Crippen molar-refractivity contribution in [3.63, 3.8) is 0 Å². The minimum Gasteiger partial charge on any atom is -0.481 e. The molecule has 0 radical (unpaired) electrons. The summed E-state index contributed by atoms with van der Waals surface area (Å²) in [4.78, 5) is 6.61. The summed E-state index contributed by atoms with van der Waals surface area (Å²) in [6, 6.07) is 7.92. The van der Waals surface area contributed by atoms with Crippen LogP contribution in [0.1, 0.15) is 35.6 Å². The Hall–Kier alpha value is -2.87. The van der Waals surface area contributed by atoms with Gasteiger partial charge in [-0.1, -0.05) is 11.3 Å². The fraction of sp³-hybridized carbons (Fsp3) is 0.409. The minimum absolute atomic E-state index is 0.373. The number of benzene rings is 1. The number of hydrogen-bond donors (Lipinski definition) is 0. The van der Waals surface area contributed by atoms with Crippen molar-refractivity contribution in [1.82, 2.24) is 24.9 Å². The summed E-state index contributed by atoms with van der Waals surface area (Å²) >= 11 is 0. The van der Waals surface area contributed by atoms with Crippen LogP contribution in [0.5, 0.6) is 5.88 Å². The highest BCUT2D eigenvalue weighted by Crippen LogP contribution is 2.26. The van der Waals surface area contributed by atoms with Gasteiger partial charge in [-0.25, -0.2) is 18.4 Å². The Bertz CT molecular complexity index is 985. The zero-order valence-corrected chi connectivity index (χ0v) is 17.0. The lowest BCUT2D eigenvalue weighted by Gasteiger charge is -2.31. The zero-order valence-electron chi connectivity index (χ0n) is 17.0. The van der Waals surface area contributed by atoms with Gasteiger partial charge < -0.3 is 9.64 Å². The number of ether oxygens (including phenoxy) is 1. The van der Waals surface area contributed by atoms with Gasteiger partial charge in [0.05, 0.1) is 19.3 Å². The Morgan fingerprint density at radius 1 is 1.07 bits per heavy atom. The number of halogens is 2. The van der Waals surface area contributed by atoms with Crippen molar-refractivity contribution in [2.75, 3.05) is 26.7 Å². The van der Waals surface area contributed by atoms with E-state index in [1.54, 1.807) is 24.1 Å². The predicted molar refractivity (Wildman–Crippen MR) is 108 cm³/mol. The summed E-state index contributed by atoms with van der Waals surface area (Å²) in [6.07, 6.45) is 6.73. The SMILES string of the molecule is COc1cc(CCN2CCC(c3cn(Cc4ccc(F)c(F)c4)nn3)CC2)ccn1. The molecule has 8 heteroatoms. The van der Waals surface area contributed by atoms with E-state index in [0.717, 1.165) is 50.7 Å². The Kier molecular flexibility index (Phi) is 6.32. The van der Waals surface area contributed by atoms with Crippen LogP contribution in [0.2, 0.25) is 0 Å². The Morgan fingerprint density at radius 2 is 1.90 bits per heavy atom. The zero-order chi connectivity index (χ0) is 20.9. The van der Waals surface area contributed by atoms with E-state index in [4.69, 9.17) is 4.74 Å². The molecule has 3 aromatic rings. The van der Waals surface area contributed by atoms with Crippen molar-refractivity contribution >= 4 is 0 Å². The van der Waals surface area contributed by atoms with Crippen LogP contribution in [0.15, 0.2) is 42.7 Å². The van der Waals surface area contributed by atoms with Crippen LogP contribution in [0.25, 0.3) is 0 Å². The van der Waals surface area contributed by atoms with Gasteiger partial charge in [0.1, 0.15) is 0 Å². The first kappa shape index (κ1) is 20.4. The number of aromatic nitrogens is 4. The molecule has 0 atom stereocenters. The van der Waals surface area contributed by atoms with E-state index in [2.05, 4.69) is 20.2 Å².